The molecule has 5 nitrogen and oxygen atoms in total. The highest BCUT2D eigenvalue weighted by Crippen LogP contribution is 2.25. The Balaban J connectivity index is 3.06. The lowest BCUT2D eigenvalue weighted by Gasteiger charge is -2.25. The zero-order valence-electron chi connectivity index (χ0n) is 12.9. The number of carbonyl (C=O) groups excluding carboxylic acids is 2. The van der Waals surface area contributed by atoms with Crippen LogP contribution in [0.5, 0.6) is 0 Å². The van der Waals surface area contributed by atoms with Gasteiger partial charge in [0.05, 0.1) is 16.2 Å². The maximum Gasteiger partial charge on any atom is 0.253 e. The monoisotopic (exact) mass is 311 g/mol. The van der Waals surface area contributed by atoms with Gasteiger partial charge in [-0.05, 0) is 31.0 Å². The Hall–Kier alpha value is -1.59. The summed E-state index contributed by atoms with van der Waals surface area (Å²) in [5, 5.41) is 3.09. The van der Waals surface area contributed by atoms with Crippen LogP contribution >= 0.6 is 11.6 Å². The van der Waals surface area contributed by atoms with Gasteiger partial charge in [0.2, 0.25) is 5.91 Å². The van der Waals surface area contributed by atoms with E-state index < -0.39 is 5.54 Å². The lowest BCUT2D eigenvalue weighted by atomic mass is 9.93. The van der Waals surface area contributed by atoms with Crippen LogP contribution in [0.25, 0.3) is 0 Å². The van der Waals surface area contributed by atoms with Crippen molar-refractivity contribution in [3.8, 4) is 0 Å². The van der Waals surface area contributed by atoms with Gasteiger partial charge in [-0.25, -0.2) is 0 Å². The molecule has 1 rings (SSSR count). The van der Waals surface area contributed by atoms with Crippen molar-refractivity contribution in [3.05, 3.63) is 28.8 Å². The predicted octanol–water partition coefficient (Wildman–Crippen LogP) is 2.50. The van der Waals surface area contributed by atoms with Crippen molar-refractivity contribution < 1.29 is 9.59 Å². The molecule has 116 valence electrons. The van der Waals surface area contributed by atoms with Crippen molar-refractivity contribution in [2.75, 3.05) is 19.4 Å². The number of hydrogen-bond acceptors (Lipinski definition) is 3. The topological polar surface area (TPSA) is 75.4 Å². The Kier molecular flexibility index (Phi) is 5.75. The minimum atomic E-state index is -0.940. The van der Waals surface area contributed by atoms with Gasteiger partial charge >= 0.3 is 0 Å². The van der Waals surface area contributed by atoms with Gasteiger partial charge in [-0.1, -0.05) is 25.4 Å². The minimum absolute atomic E-state index is 0.160. The van der Waals surface area contributed by atoms with Gasteiger partial charge in [0.25, 0.3) is 5.91 Å². The molecular weight excluding hydrogens is 290 g/mol. The maximum absolute atomic E-state index is 12.3. The summed E-state index contributed by atoms with van der Waals surface area (Å²) in [4.78, 5) is 25.7. The average Bonchev–Trinajstić information content (AvgIpc) is 2.47. The Morgan fingerprint density at radius 2 is 1.86 bits per heavy atom. The van der Waals surface area contributed by atoms with E-state index in [-0.39, 0.29) is 11.8 Å². The fraction of sp³-hybridized carbons (Fsp3) is 0.467. The lowest BCUT2D eigenvalue weighted by Crippen LogP contribution is -2.50. The number of nitrogens with two attached hydrogens (primary N) is 1. The molecule has 0 aliphatic heterocycles. The van der Waals surface area contributed by atoms with Crippen LogP contribution in [0.3, 0.4) is 0 Å². The molecule has 0 atom stereocenters. The third kappa shape index (κ3) is 3.95. The molecule has 0 spiro atoms. The van der Waals surface area contributed by atoms with E-state index in [1.165, 1.54) is 4.90 Å². The number of nitrogens with zero attached hydrogens (tertiary/aromatic N) is 1. The molecule has 0 aliphatic carbocycles. The van der Waals surface area contributed by atoms with Gasteiger partial charge in [-0.2, -0.15) is 0 Å². The zero-order valence-corrected chi connectivity index (χ0v) is 13.6. The summed E-state index contributed by atoms with van der Waals surface area (Å²) in [5.41, 5.74) is 5.96. The average molecular weight is 312 g/mol. The molecule has 0 radical (unpaired) electrons. The van der Waals surface area contributed by atoms with E-state index >= 15 is 0 Å². The van der Waals surface area contributed by atoms with Crippen molar-refractivity contribution in [1.29, 1.82) is 0 Å². The summed E-state index contributed by atoms with van der Waals surface area (Å²) in [6.07, 6.45) is 1.03. The van der Waals surface area contributed by atoms with E-state index in [4.69, 9.17) is 17.3 Å². The van der Waals surface area contributed by atoms with Crippen molar-refractivity contribution >= 4 is 29.1 Å². The molecule has 2 amide bonds. The molecule has 21 heavy (non-hydrogen) atoms. The van der Waals surface area contributed by atoms with E-state index in [9.17, 15) is 9.59 Å². The van der Waals surface area contributed by atoms with Crippen LogP contribution in [0.2, 0.25) is 5.02 Å². The second-order valence-corrected chi connectivity index (χ2v) is 5.62. The lowest BCUT2D eigenvalue weighted by molar-refractivity contribution is -0.121. The Morgan fingerprint density at radius 1 is 1.29 bits per heavy atom. The summed E-state index contributed by atoms with van der Waals surface area (Å²) in [7, 11) is 3.32. The summed E-state index contributed by atoms with van der Waals surface area (Å²) >= 11 is 6.08. The Bertz CT molecular complexity index is 540. The van der Waals surface area contributed by atoms with Crippen LogP contribution in [0.1, 0.15) is 37.0 Å². The van der Waals surface area contributed by atoms with Crippen LogP contribution in [0.4, 0.5) is 5.69 Å². The van der Waals surface area contributed by atoms with Gasteiger partial charge < -0.3 is 16.0 Å². The highest BCUT2D eigenvalue weighted by Gasteiger charge is 2.30. The molecule has 1 aromatic carbocycles. The minimum Gasteiger partial charge on any atom is -0.345 e. The number of halogens is 1. The standard InChI is InChI=1S/C15H22ClN3O2/c1-5-15(17,6-2)14(21)18-12-9-10(7-8-11(12)16)13(20)19(3)4/h7-9H,5-6,17H2,1-4H3,(H,18,21). The highest BCUT2D eigenvalue weighted by molar-refractivity contribution is 6.34. The molecule has 3 N–H and O–H groups in total. The second-order valence-electron chi connectivity index (χ2n) is 5.21. The second kappa shape index (κ2) is 6.91. The maximum atomic E-state index is 12.3. The molecule has 0 saturated heterocycles. The molecular formula is C15H22ClN3O2. The number of hydrogen-bond donors (Lipinski definition) is 2. The molecule has 0 unspecified atom stereocenters. The van der Waals surface area contributed by atoms with E-state index in [0.29, 0.717) is 29.1 Å². The molecule has 1 aromatic rings. The Morgan fingerprint density at radius 3 is 2.33 bits per heavy atom. The van der Waals surface area contributed by atoms with Gasteiger partial charge in [0.15, 0.2) is 0 Å². The van der Waals surface area contributed by atoms with Gasteiger partial charge in [-0.3, -0.25) is 9.59 Å². The predicted molar refractivity (Wildman–Crippen MR) is 85.6 cm³/mol. The van der Waals surface area contributed by atoms with E-state index in [0.717, 1.165) is 0 Å². The van der Waals surface area contributed by atoms with Crippen LogP contribution in [-0.2, 0) is 4.79 Å². The van der Waals surface area contributed by atoms with Crippen molar-refractivity contribution in [1.82, 2.24) is 4.90 Å². The third-order valence-electron chi connectivity index (χ3n) is 3.58. The molecule has 0 aromatic heterocycles. The number of benzene rings is 1. The third-order valence-corrected chi connectivity index (χ3v) is 3.91. The molecule has 0 fully saturated rings. The summed E-state index contributed by atoms with van der Waals surface area (Å²) in [6, 6.07) is 4.77. The molecule has 6 heteroatoms. The number of nitrogens with one attached hydrogen (secondary N) is 1. The first-order valence-corrected chi connectivity index (χ1v) is 7.24. The van der Waals surface area contributed by atoms with Gasteiger partial charge in [0.1, 0.15) is 0 Å². The first-order chi connectivity index (χ1) is 9.75. The van der Waals surface area contributed by atoms with E-state index in [1.807, 2.05) is 13.8 Å². The number of anilines is 1. The molecule has 0 aliphatic rings. The van der Waals surface area contributed by atoms with Crippen molar-refractivity contribution in [2.24, 2.45) is 5.73 Å². The van der Waals surface area contributed by atoms with Crippen molar-refractivity contribution in [3.63, 3.8) is 0 Å². The molecule has 0 bridgehead atoms. The zero-order chi connectivity index (χ0) is 16.2. The van der Waals surface area contributed by atoms with Gasteiger partial charge in [0, 0.05) is 19.7 Å². The fourth-order valence-electron chi connectivity index (χ4n) is 1.83. The van der Waals surface area contributed by atoms with E-state index in [1.54, 1.807) is 32.3 Å². The first-order valence-electron chi connectivity index (χ1n) is 6.86. The first kappa shape index (κ1) is 17.5. The van der Waals surface area contributed by atoms with Crippen LogP contribution in [-0.4, -0.2) is 36.3 Å². The number of amides is 2. The van der Waals surface area contributed by atoms with Crippen molar-refractivity contribution in [2.45, 2.75) is 32.2 Å². The van der Waals surface area contributed by atoms with E-state index in [2.05, 4.69) is 5.32 Å². The number of rotatable bonds is 5. The summed E-state index contributed by atoms with van der Waals surface area (Å²) in [5.74, 6) is -0.462. The smallest absolute Gasteiger partial charge is 0.253 e. The summed E-state index contributed by atoms with van der Waals surface area (Å²) < 4.78 is 0. The summed E-state index contributed by atoms with van der Waals surface area (Å²) in [6.45, 7) is 3.72. The molecule has 0 heterocycles. The number of carbonyl (C=O) groups is 2. The van der Waals surface area contributed by atoms with Crippen LogP contribution in [0, 0.1) is 0 Å². The highest BCUT2D eigenvalue weighted by atomic mass is 35.5. The normalized spacial score (nSPS) is 11.1. The van der Waals surface area contributed by atoms with Crippen LogP contribution in [0.15, 0.2) is 18.2 Å². The quantitative estimate of drug-likeness (QED) is 0.877. The largest absolute Gasteiger partial charge is 0.345 e. The van der Waals surface area contributed by atoms with Gasteiger partial charge in [-0.15, -0.1) is 0 Å². The molecule has 0 saturated carbocycles. The fourth-order valence-corrected chi connectivity index (χ4v) is 1.99. The SMILES string of the molecule is CCC(N)(CC)C(=O)Nc1cc(C(=O)N(C)C)ccc1Cl. The van der Waals surface area contributed by atoms with Crippen LogP contribution < -0.4 is 11.1 Å². The Labute approximate surface area is 130 Å².